The molecule has 0 aromatic carbocycles. The molecule has 4 rings (SSSR count). The number of fused-ring (bicyclic) bond motifs is 1. The second kappa shape index (κ2) is 6.16. The van der Waals surface area contributed by atoms with Crippen LogP contribution in [0, 0.1) is 6.92 Å². The van der Waals surface area contributed by atoms with Gasteiger partial charge in [-0.15, -0.1) is 0 Å². The Bertz CT molecular complexity index is 802. The van der Waals surface area contributed by atoms with Crippen LogP contribution >= 0.6 is 0 Å². The van der Waals surface area contributed by atoms with Crippen molar-refractivity contribution < 1.29 is 0 Å². The normalized spacial score (nSPS) is 17.9. The summed E-state index contributed by atoms with van der Waals surface area (Å²) in [5.74, 6) is 1.40. The average molecular weight is 327 g/mol. The second-order valence-electron chi connectivity index (χ2n) is 7.09. The summed E-state index contributed by atoms with van der Waals surface area (Å²) in [6, 6.07) is 0. The molecule has 0 amide bonds. The van der Waals surface area contributed by atoms with E-state index in [-0.39, 0.29) is 5.56 Å². The third-order valence-corrected chi connectivity index (χ3v) is 5.16. The van der Waals surface area contributed by atoms with Crippen LogP contribution < -0.4 is 5.56 Å². The molecule has 24 heavy (non-hydrogen) atoms. The molecule has 6 heteroatoms. The van der Waals surface area contributed by atoms with Crippen LogP contribution in [0.1, 0.15) is 60.4 Å². The van der Waals surface area contributed by atoms with E-state index in [9.17, 15) is 4.79 Å². The molecule has 1 aliphatic carbocycles. The molecule has 0 spiro atoms. The summed E-state index contributed by atoms with van der Waals surface area (Å²) in [5.41, 5.74) is 4.41. The van der Waals surface area contributed by atoms with Gasteiger partial charge in [-0.25, -0.2) is 4.98 Å². The molecule has 2 aromatic heterocycles. The molecule has 0 saturated heterocycles. The summed E-state index contributed by atoms with van der Waals surface area (Å²) >= 11 is 0. The molecule has 0 atom stereocenters. The highest BCUT2D eigenvalue weighted by atomic mass is 16.1. The van der Waals surface area contributed by atoms with Gasteiger partial charge in [0.05, 0.1) is 17.5 Å². The number of nitrogens with zero attached hydrogens (tertiary/aromatic N) is 4. The Morgan fingerprint density at radius 3 is 2.96 bits per heavy atom. The standard InChI is InChI=1S/C18H25N5O/c1-3-7-23-12(2)14(9-19-23)10-22-8-6-16-15(11-22)18(24)21-17(20-16)13-4-5-13/h9,13H,3-8,10-11H2,1-2H3,(H,20,21,24). The van der Waals surface area contributed by atoms with Gasteiger partial charge >= 0.3 is 0 Å². The van der Waals surface area contributed by atoms with Crippen LogP contribution in [0.4, 0.5) is 0 Å². The Morgan fingerprint density at radius 1 is 1.38 bits per heavy atom. The van der Waals surface area contributed by atoms with E-state index in [1.165, 1.54) is 11.3 Å². The van der Waals surface area contributed by atoms with E-state index >= 15 is 0 Å². The van der Waals surface area contributed by atoms with Crippen LogP contribution in [0.2, 0.25) is 0 Å². The van der Waals surface area contributed by atoms with Crippen LogP contribution in [-0.4, -0.2) is 31.2 Å². The molecule has 128 valence electrons. The molecule has 3 heterocycles. The van der Waals surface area contributed by atoms with Crippen molar-refractivity contribution in [3.63, 3.8) is 0 Å². The van der Waals surface area contributed by atoms with Gasteiger partial charge in [0.15, 0.2) is 0 Å². The minimum absolute atomic E-state index is 0.0602. The highest BCUT2D eigenvalue weighted by Gasteiger charge is 2.29. The molecule has 2 aliphatic rings. The molecule has 0 radical (unpaired) electrons. The maximum Gasteiger partial charge on any atom is 0.255 e. The van der Waals surface area contributed by atoms with Crippen molar-refractivity contribution in [3.05, 3.63) is 44.9 Å². The largest absolute Gasteiger partial charge is 0.310 e. The average Bonchev–Trinajstić information content (AvgIpc) is 3.37. The first-order valence-corrected chi connectivity index (χ1v) is 9.01. The zero-order chi connectivity index (χ0) is 16.7. The van der Waals surface area contributed by atoms with Crippen molar-refractivity contribution in [2.24, 2.45) is 0 Å². The summed E-state index contributed by atoms with van der Waals surface area (Å²) in [4.78, 5) is 22.5. The van der Waals surface area contributed by atoms with E-state index in [4.69, 9.17) is 4.98 Å². The summed E-state index contributed by atoms with van der Waals surface area (Å²) in [6.07, 6.45) is 6.24. The Hall–Kier alpha value is -1.95. The fourth-order valence-electron chi connectivity index (χ4n) is 3.50. The predicted octanol–water partition coefficient (Wildman–Crippen LogP) is 2.12. The van der Waals surface area contributed by atoms with Gasteiger partial charge in [0, 0.05) is 49.8 Å². The second-order valence-corrected chi connectivity index (χ2v) is 7.09. The lowest BCUT2D eigenvalue weighted by molar-refractivity contribution is 0.241. The molecule has 1 N–H and O–H groups in total. The monoisotopic (exact) mass is 327 g/mol. The summed E-state index contributed by atoms with van der Waals surface area (Å²) in [6.45, 7) is 7.73. The maximum atomic E-state index is 12.4. The highest BCUT2D eigenvalue weighted by molar-refractivity contribution is 5.24. The van der Waals surface area contributed by atoms with Crippen molar-refractivity contribution in [2.75, 3.05) is 6.54 Å². The number of nitrogens with one attached hydrogen (secondary N) is 1. The summed E-state index contributed by atoms with van der Waals surface area (Å²) in [5, 5.41) is 4.48. The van der Waals surface area contributed by atoms with Gasteiger partial charge in [0.1, 0.15) is 5.82 Å². The van der Waals surface area contributed by atoms with Crippen molar-refractivity contribution in [1.82, 2.24) is 24.6 Å². The number of aromatic amines is 1. The smallest absolute Gasteiger partial charge is 0.255 e. The van der Waals surface area contributed by atoms with Gasteiger partial charge in [-0.1, -0.05) is 6.92 Å². The molecule has 6 nitrogen and oxygen atoms in total. The van der Waals surface area contributed by atoms with Gasteiger partial charge in [-0.2, -0.15) is 5.10 Å². The van der Waals surface area contributed by atoms with Crippen molar-refractivity contribution in [1.29, 1.82) is 0 Å². The Morgan fingerprint density at radius 2 is 2.21 bits per heavy atom. The quantitative estimate of drug-likeness (QED) is 0.913. The first kappa shape index (κ1) is 15.6. The molecular weight excluding hydrogens is 302 g/mol. The van der Waals surface area contributed by atoms with Crippen molar-refractivity contribution >= 4 is 0 Å². The number of hydrogen-bond acceptors (Lipinski definition) is 4. The Balaban J connectivity index is 1.51. The van der Waals surface area contributed by atoms with Gasteiger partial charge in [0.2, 0.25) is 0 Å². The fraction of sp³-hybridized carbons (Fsp3) is 0.611. The Kier molecular flexibility index (Phi) is 4.00. The van der Waals surface area contributed by atoms with Gasteiger partial charge in [-0.05, 0) is 26.2 Å². The molecule has 2 aromatic rings. The maximum absolute atomic E-state index is 12.4. The number of rotatable bonds is 5. The fourth-order valence-corrected chi connectivity index (χ4v) is 3.50. The van der Waals surface area contributed by atoms with E-state index < -0.39 is 0 Å². The lowest BCUT2D eigenvalue weighted by atomic mass is 10.1. The summed E-state index contributed by atoms with van der Waals surface area (Å²) < 4.78 is 2.07. The minimum Gasteiger partial charge on any atom is -0.310 e. The number of aromatic nitrogens is 4. The Labute approximate surface area is 141 Å². The third kappa shape index (κ3) is 2.90. The lowest BCUT2D eigenvalue weighted by Crippen LogP contribution is -2.35. The summed E-state index contributed by atoms with van der Waals surface area (Å²) in [7, 11) is 0. The first-order valence-electron chi connectivity index (χ1n) is 9.01. The first-order chi connectivity index (χ1) is 11.7. The SMILES string of the molecule is CCCn1ncc(CN2CCc3nc(C4CC4)[nH]c(=O)c3C2)c1C. The van der Waals surface area contributed by atoms with Crippen LogP contribution in [0.5, 0.6) is 0 Å². The molecule has 0 bridgehead atoms. The zero-order valence-corrected chi connectivity index (χ0v) is 14.5. The number of hydrogen-bond donors (Lipinski definition) is 1. The van der Waals surface area contributed by atoms with Crippen LogP contribution in [0.3, 0.4) is 0 Å². The minimum atomic E-state index is 0.0602. The van der Waals surface area contributed by atoms with E-state index in [1.54, 1.807) is 0 Å². The van der Waals surface area contributed by atoms with E-state index in [0.717, 1.165) is 62.4 Å². The van der Waals surface area contributed by atoms with Gasteiger partial charge in [0.25, 0.3) is 5.56 Å². The molecular formula is C18H25N5O. The van der Waals surface area contributed by atoms with Gasteiger partial charge in [-0.3, -0.25) is 14.4 Å². The van der Waals surface area contributed by atoms with Gasteiger partial charge < -0.3 is 4.98 Å². The van der Waals surface area contributed by atoms with E-state index in [0.29, 0.717) is 12.5 Å². The molecule has 1 saturated carbocycles. The number of aryl methyl sites for hydroxylation is 1. The van der Waals surface area contributed by atoms with E-state index in [2.05, 4.69) is 33.5 Å². The molecule has 1 fully saturated rings. The highest BCUT2D eigenvalue weighted by Crippen LogP contribution is 2.37. The topological polar surface area (TPSA) is 66.8 Å². The predicted molar refractivity (Wildman–Crippen MR) is 91.9 cm³/mol. The van der Waals surface area contributed by atoms with Crippen molar-refractivity contribution in [3.8, 4) is 0 Å². The molecule has 0 unspecified atom stereocenters. The zero-order valence-electron chi connectivity index (χ0n) is 14.5. The van der Waals surface area contributed by atoms with Crippen molar-refractivity contribution in [2.45, 2.75) is 65.1 Å². The molecule has 1 aliphatic heterocycles. The van der Waals surface area contributed by atoms with E-state index in [1.807, 2.05) is 6.20 Å². The lowest BCUT2D eigenvalue weighted by Gasteiger charge is -2.27. The van der Waals surface area contributed by atoms with Crippen LogP contribution in [0.25, 0.3) is 0 Å². The number of H-pyrrole nitrogens is 1. The van der Waals surface area contributed by atoms with Crippen LogP contribution in [0.15, 0.2) is 11.0 Å². The third-order valence-electron chi connectivity index (χ3n) is 5.16. The van der Waals surface area contributed by atoms with Crippen LogP contribution in [-0.2, 0) is 26.1 Å².